The monoisotopic (exact) mass is 414 g/mol. The molecule has 0 aromatic heterocycles. The Morgan fingerprint density at radius 3 is 2.40 bits per heavy atom. The van der Waals surface area contributed by atoms with Crippen molar-refractivity contribution in [2.75, 3.05) is 20.8 Å². The number of urea groups is 1. The predicted molar refractivity (Wildman–Crippen MR) is 107 cm³/mol. The highest BCUT2D eigenvalue weighted by Crippen LogP contribution is 2.25. The molecule has 1 N–H and O–H groups in total. The zero-order valence-corrected chi connectivity index (χ0v) is 17.0. The Balaban J connectivity index is 1.67. The minimum absolute atomic E-state index is 0.00708. The first kappa shape index (κ1) is 21.3. The molecule has 30 heavy (non-hydrogen) atoms. The first-order valence-corrected chi connectivity index (χ1v) is 9.41. The molecule has 0 aliphatic carbocycles. The predicted octanol–water partition coefficient (Wildman–Crippen LogP) is 2.97. The summed E-state index contributed by atoms with van der Waals surface area (Å²) < 4.78 is 23.8. The number of nitrogens with zero attached hydrogens (tertiary/aromatic N) is 1. The van der Waals surface area contributed by atoms with E-state index in [1.54, 1.807) is 14.0 Å². The second-order valence-electron chi connectivity index (χ2n) is 7.27. The Bertz CT molecular complexity index is 976. The van der Waals surface area contributed by atoms with E-state index in [-0.39, 0.29) is 11.3 Å². The molecule has 0 radical (unpaired) electrons. The van der Waals surface area contributed by atoms with Crippen molar-refractivity contribution in [1.82, 2.24) is 10.2 Å². The molecule has 3 rings (SSSR count). The van der Waals surface area contributed by atoms with Gasteiger partial charge in [-0.25, -0.2) is 9.18 Å². The van der Waals surface area contributed by atoms with Crippen LogP contribution in [-0.4, -0.2) is 48.9 Å². The number of rotatable bonds is 8. The summed E-state index contributed by atoms with van der Waals surface area (Å²) in [6.45, 7) is 1.17. The average molecular weight is 414 g/mol. The van der Waals surface area contributed by atoms with Crippen LogP contribution >= 0.6 is 0 Å². The largest absolute Gasteiger partial charge is 0.497 e. The van der Waals surface area contributed by atoms with Crippen LogP contribution in [0.1, 0.15) is 29.3 Å². The highest BCUT2D eigenvalue weighted by molar-refractivity contribution is 6.11. The number of hydrogen-bond donors (Lipinski definition) is 1. The molecule has 1 aliphatic rings. The molecule has 0 saturated carbocycles. The van der Waals surface area contributed by atoms with Gasteiger partial charge in [-0.05, 0) is 55.7 Å². The molecular weight excluding hydrogens is 391 g/mol. The van der Waals surface area contributed by atoms with Crippen LogP contribution in [0.5, 0.6) is 11.5 Å². The molecule has 2 aromatic rings. The second-order valence-corrected chi connectivity index (χ2v) is 7.27. The quantitative estimate of drug-likeness (QED) is 0.530. The van der Waals surface area contributed by atoms with Gasteiger partial charge < -0.3 is 14.8 Å². The first-order valence-electron chi connectivity index (χ1n) is 9.41. The maximum atomic E-state index is 13.9. The second kappa shape index (κ2) is 8.52. The first-order chi connectivity index (χ1) is 14.3. The van der Waals surface area contributed by atoms with Crippen molar-refractivity contribution in [3.05, 3.63) is 59.4 Å². The van der Waals surface area contributed by atoms with Gasteiger partial charge in [-0.15, -0.1) is 0 Å². The molecule has 1 fully saturated rings. The third-order valence-electron chi connectivity index (χ3n) is 5.19. The third kappa shape index (κ3) is 4.27. The van der Waals surface area contributed by atoms with E-state index in [1.807, 2.05) is 24.3 Å². The van der Waals surface area contributed by atoms with Crippen molar-refractivity contribution in [3.63, 3.8) is 0 Å². The van der Waals surface area contributed by atoms with Crippen LogP contribution in [0.15, 0.2) is 42.5 Å². The number of hydrogen-bond acceptors (Lipinski definition) is 5. The zero-order valence-electron chi connectivity index (χ0n) is 17.0. The van der Waals surface area contributed by atoms with Gasteiger partial charge in [0, 0.05) is 5.56 Å². The lowest BCUT2D eigenvalue weighted by Crippen LogP contribution is -2.44. The minimum Gasteiger partial charge on any atom is -0.497 e. The molecule has 3 amide bonds. The molecule has 0 unspecified atom stereocenters. The Labute approximate surface area is 173 Å². The maximum absolute atomic E-state index is 13.9. The van der Waals surface area contributed by atoms with Gasteiger partial charge in [0.2, 0.25) is 0 Å². The number of imide groups is 1. The number of ether oxygens (including phenoxy) is 2. The van der Waals surface area contributed by atoms with E-state index in [0.717, 1.165) is 22.3 Å². The molecule has 1 saturated heterocycles. The van der Waals surface area contributed by atoms with Gasteiger partial charge in [0.15, 0.2) is 17.3 Å². The van der Waals surface area contributed by atoms with Crippen molar-refractivity contribution >= 4 is 17.7 Å². The summed E-state index contributed by atoms with van der Waals surface area (Å²) in [5.41, 5.74) is -0.0781. The lowest BCUT2D eigenvalue weighted by Gasteiger charge is -2.21. The molecule has 1 atom stereocenters. The van der Waals surface area contributed by atoms with Crippen molar-refractivity contribution in [2.24, 2.45) is 0 Å². The number of carbonyl (C=O) groups is 3. The van der Waals surface area contributed by atoms with Crippen molar-refractivity contribution in [1.29, 1.82) is 0 Å². The fraction of sp³-hybridized carbons (Fsp3) is 0.318. The van der Waals surface area contributed by atoms with E-state index in [9.17, 15) is 18.8 Å². The molecule has 1 aliphatic heterocycles. The summed E-state index contributed by atoms with van der Waals surface area (Å²) in [5.74, 6) is -0.977. The summed E-state index contributed by atoms with van der Waals surface area (Å²) >= 11 is 0. The number of aryl methyl sites for hydroxylation is 1. The Morgan fingerprint density at radius 1 is 1.10 bits per heavy atom. The number of halogens is 1. The number of amides is 3. The smallest absolute Gasteiger partial charge is 0.325 e. The third-order valence-corrected chi connectivity index (χ3v) is 5.19. The number of carbonyl (C=O) groups excluding carboxylic acids is 3. The topological polar surface area (TPSA) is 84.9 Å². The minimum atomic E-state index is -1.12. The molecular formula is C22H23FN2O5. The summed E-state index contributed by atoms with van der Waals surface area (Å²) in [6, 6.07) is 10.5. The fourth-order valence-electron chi connectivity index (χ4n) is 3.32. The lowest BCUT2D eigenvalue weighted by molar-refractivity contribution is -0.130. The maximum Gasteiger partial charge on any atom is 0.325 e. The summed E-state index contributed by atoms with van der Waals surface area (Å²) in [7, 11) is 2.90. The molecule has 0 bridgehead atoms. The van der Waals surface area contributed by atoms with E-state index < -0.39 is 35.6 Å². The van der Waals surface area contributed by atoms with Crippen LogP contribution in [0, 0.1) is 5.82 Å². The molecule has 2 aromatic carbocycles. The van der Waals surface area contributed by atoms with E-state index >= 15 is 0 Å². The Kier molecular flexibility index (Phi) is 6.05. The Hall–Kier alpha value is -3.42. The van der Waals surface area contributed by atoms with Crippen molar-refractivity contribution in [3.8, 4) is 11.5 Å². The lowest BCUT2D eigenvalue weighted by atomic mass is 9.93. The van der Waals surface area contributed by atoms with E-state index in [4.69, 9.17) is 9.47 Å². The fourth-order valence-corrected chi connectivity index (χ4v) is 3.32. The summed E-state index contributed by atoms with van der Waals surface area (Å²) in [4.78, 5) is 38.6. The van der Waals surface area contributed by atoms with Crippen LogP contribution in [0.4, 0.5) is 9.18 Å². The van der Waals surface area contributed by atoms with Gasteiger partial charge in [-0.1, -0.05) is 12.1 Å². The standard InChI is InChI=1S/C22H23FN2O5/c1-22(11-10-14-4-7-16(29-2)8-5-14)20(27)25(21(28)24-22)13-18(26)15-6-9-19(30-3)17(23)12-15/h4-9,12H,10-11,13H2,1-3H3,(H,24,28)/t22-/m1/s1. The van der Waals surface area contributed by atoms with Crippen molar-refractivity contribution < 1.29 is 28.2 Å². The molecule has 158 valence electrons. The molecule has 7 nitrogen and oxygen atoms in total. The number of methoxy groups -OCH3 is 2. The molecule has 8 heteroatoms. The van der Waals surface area contributed by atoms with Crippen LogP contribution in [0.25, 0.3) is 0 Å². The van der Waals surface area contributed by atoms with Crippen LogP contribution in [-0.2, 0) is 11.2 Å². The van der Waals surface area contributed by atoms with Crippen LogP contribution < -0.4 is 14.8 Å². The zero-order chi connectivity index (χ0) is 21.9. The van der Waals surface area contributed by atoms with E-state index in [1.165, 1.54) is 19.2 Å². The van der Waals surface area contributed by atoms with Gasteiger partial charge in [0.25, 0.3) is 5.91 Å². The number of ketones is 1. The van der Waals surface area contributed by atoms with Crippen molar-refractivity contribution in [2.45, 2.75) is 25.3 Å². The van der Waals surface area contributed by atoms with E-state index in [2.05, 4.69) is 5.32 Å². The normalized spacial score (nSPS) is 18.3. The summed E-state index contributed by atoms with van der Waals surface area (Å²) in [5, 5.41) is 2.68. The van der Waals surface area contributed by atoms with Gasteiger partial charge in [0.1, 0.15) is 11.3 Å². The molecule has 0 spiro atoms. The average Bonchev–Trinajstić information content (AvgIpc) is 2.95. The SMILES string of the molecule is COc1ccc(CC[C@@]2(C)NC(=O)N(CC(=O)c3ccc(OC)c(F)c3)C2=O)cc1. The number of benzene rings is 2. The van der Waals surface area contributed by atoms with Gasteiger partial charge in [0.05, 0.1) is 20.8 Å². The number of nitrogens with one attached hydrogen (secondary N) is 1. The molecule has 1 heterocycles. The van der Waals surface area contributed by atoms with Crippen LogP contribution in [0.3, 0.4) is 0 Å². The number of Topliss-reactive ketones (excluding diaryl/α,β-unsaturated/α-hetero) is 1. The van der Waals surface area contributed by atoms with E-state index in [0.29, 0.717) is 12.8 Å². The van der Waals surface area contributed by atoms with Gasteiger partial charge in [-0.2, -0.15) is 0 Å². The van der Waals surface area contributed by atoms with Gasteiger partial charge in [-0.3, -0.25) is 14.5 Å². The van der Waals surface area contributed by atoms with Crippen LogP contribution in [0.2, 0.25) is 0 Å². The summed E-state index contributed by atoms with van der Waals surface area (Å²) in [6.07, 6.45) is 0.920. The van der Waals surface area contributed by atoms with Gasteiger partial charge >= 0.3 is 6.03 Å². The Morgan fingerprint density at radius 2 is 1.80 bits per heavy atom. The highest BCUT2D eigenvalue weighted by Gasteiger charge is 2.47. The highest BCUT2D eigenvalue weighted by atomic mass is 19.1.